The van der Waals surface area contributed by atoms with Gasteiger partial charge in [-0.2, -0.15) is 5.26 Å². The van der Waals surface area contributed by atoms with E-state index < -0.39 is 29.7 Å². The van der Waals surface area contributed by atoms with Gasteiger partial charge in [-0.05, 0) is 31.2 Å². The largest absolute Gasteiger partial charge is 0.465 e. The first-order chi connectivity index (χ1) is 13.3. The van der Waals surface area contributed by atoms with E-state index in [0.717, 1.165) is 10.6 Å². The molecule has 1 amide bonds. The molecule has 0 aliphatic carbocycles. The van der Waals surface area contributed by atoms with Crippen molar-refractivity contribution in [1.82, 2.24) is 14.9 Å². The quantitative estimate of drug-likeness (QED) is 0.715. The Morgan fingerprint density at radius 1 is 1.29 bits per heavy atom. The first-order valence-electron chi connectivity index (χ1n) is 8.17. The Bertz CT molecular complexity index is 1170. The van der Waals surface area contributed by atoms with E-state index in [1.54, 1.807) is 0 Å². The number of rotatable bonds is 4. The third-order valence-corrected chi connectivity index (χ3v) is 4.15. The lowest BCUT2D eigenvalue weighted by molar-refractivity contribution is 0.153. The SMILES string of the molecule is CC(NC(=O)O)c1nc2cccc(C(F)F)c2c(=O)n1-c1cccc(C#N)c1. The number of carboxylic acid groups (broad SMARTS) is 1. The molecule has 0 radical (unpaired) electrons. The van der Waals surface area contributed by atoms with Crippen LogP contribution in [0.15, 0.2) is 47.3 Å². The zero-order valence-electron chi connectivity index (χ0n) is 14.6. The van der Waals surface area contributed by atoms with Crippen molar-refractivity contribution in [3.63, 3.8) is 0 Å². The molecule has 0 aliphatic rings. The topological polar surface area (TPSA) is 108 Å². The van der Waals surface area contributed by atoms with E-state index in [1.165, 1.54) is 43.3 Å². The predicted octanol–water partition coefficient (Wildman–Crippen LogP) is 3.52. The predicted molar refractivity (Wildman–Crippen MR) is 96.6 cm³/mol. The zero-order chi connectivity index (χ0) is 20.4. The molecule has 142 valence electrons. The summed E-state index contributed by atoms with van der Waals surface area (Å²) in [4.78, 5) is 28.5. The summed E-state index contributed by atoms with van der Waals surface area (Å²) in [5, 5.41) is 20.1. The van der Waals surface area contributed by atoms with E-state index in [0.29, 0.717) is 0 Å². The van der Waals surface area contributed by atoms with Gasteiger partial charge in [-0.3, -0.25) is 9.36 Å². The van der Waals surface area contributed by atoms with Crippen molar-refractivity contribution in [2.45, 2.75) is 19.4 Å². The van der Waals surface area contributed by atoms with Gasteiger partial charge in [0.1, 0.15) is 5.82 Å². The molecule has 1 heterocycles. The summed E-state index contributed by atoms with van der Waals surface area (Å²) >= 11 is 0. The van der Waals surface area contributed by atoms with Gasteiger partial charge in [-0.15, -0.1) is 0 Å². The van der Waals surface area contributed by atoms with Crippen LogP contribution in [0.25, 0.3) is 16.6 Å². The summed E-state index contributed by atoms with van der Waals surface area (Å²) in [5.74, 6) is 0.0152. The van der Waals surface area contributed by atoms with Gasteiger partial charge in [0.15, 0.2) is 0 Å². The van der Waals surface area contributed by atoms with E-state index in [9.17, 15) is 18.4 Å². The van der Waals surface area contributed by atoms with Crippen molar-refractivity contribution in [2.75, 3.05) is 0 Å². The molecule has 2 N–H and O–H groups in total. The fourth-order valence-corrected chi connectivity index (χ4v) is 2.96. The van der Waals surface area contributed by atoms with E-state index >= 15 is 0 Å². The fraction of sp³-hybridized carbons (Fsp3) is 0.158. The molecule has 1 aromatic heterocycles. The maximum Gasteiger partial charge on any atom is 0.405 e. The number of hydrogen-bond acceptors (Lipinski definition) is 4. The lowest BCUT2D eigenvalue weighted by atomic mass is 10.1. The molecule has 1 atom stereocenters. The second-order valence-electron chi connectivity index (χ2n) is 5.99. The highest BCUT2D eigenvalue weighted by Crippen LogP contribution is 2.26. The summed E-state index contributed by atoms with van der Waals surface area (Å²) in [7, 11) is 0. The van der Waals surface area contributed by atoms with E-state index in [1.807, 2.05) is 6.07 Å². The van der Waals surface area contributed by atoms with Gasteiger partial charge in [0.05, 0.1) is 34.3 Å². The lowest BCUT2D eigenvalue weighted by Crippen LogP contribution is -2.32. The first kappa shape index (κ1) is 19.0. The highest BCUT2D eigenvalue weighted by molar-refractivity contribution is 5.82. The number of hydrogen-bond donors (Lipinski definition) is 2. The van der Waals surface area contributed by atoms with E-state index in [4.69, 9.17) is 10.4 Å². The number of benzene rings is 2. The van der Waals surface area contributed by atoms with Gasteiger partial charge in [0.25, 0.3) is 12.0 Å². The molecule has 0 bridgehead atoms. The highest BCUT2D eigenvalue weighted by atomic mass is 19.3. The number of aromatic nitrogens is 2. The molecule has 0 spiro atoms. The molecular weight excluding hydrogens is 370 g/mol. The molecular formula is C19H14F2N4O3. The molecule has 0 aliphatic heterocycles. The van der Waals surface area contributed by atoms with Crippen molar-refractivity contribution in [3.05, 3.63) is 69.8 Å². The van der Waals surface area contributed by atoms with Crippen molar-refractivity contribution in [3.8, 4) is 11.8 Å². The van der Waals surface area contributed by atoms with Crippen LogP contribution in [0.4, 0.5) is 13.6 Å². The third kappa shape index (κ3) is 3.40. The molecule has 0 saturated carbocycles. The molecule has 1 unspecified atom stereocenters. The average Bonchev–Trinajstić information content (AvgIpc) is 2.66. The minimum Gasteiger partial charge on any atom is -0.465 e. The van der Waals surface area contributed by atoms with Gasteiger partial charge < -0.3 is 10.4 Å². The molecule has 7 nitrogen and oxygen atoms in total. The van der Waals surface area contributed by atoms with Crippen LogP contribution < -0.4 is 10.9 Å². The van der Waals surface area contributed by atoms with Crippen molar-refractivity contribution in [2.24, 2.45) is 0 Å². The summed E-state index contributed by atoms with van der Waals surface area (Å²) in [6.45, 7) is 1.48. The minimum absolute atomic E-state index is 0.0152. The Morgan fingerprint density at radius 2 is 2.00 bits per heavy atom. The Hall–Kier alpha value is -3.80. The van der Waals surface area contributed by atoms with Crippen LogP contribution in [0.3, 0.4) is 0 Å². The number of alkyl halides is 2. The van der Waals surface area contributed by atoms with E-state index in [-0.39, 0.29) is 28.0 Å². The molecule has 9 heteroatoms. The van der Waals surface area contributed by atoms with Gasteiger partial charge >= 0.3 is 6.09 Å². The molecule has 3 rings (SSSR count). The van der Waals surface area contributed by atoms with Gasteiger partial charge in [-0.25, -0.2) is 18.6 Å². The second kappa shape index (κ2) is 7.44. The van der Waals surface area contributed by atoms with Crippen molar-refractivity contribution >= 4 is 17.0 Å². The molecule has 0 saturated heterocycles. The zero-order valence-corrected chi connectivity index (χ0v) is 14.6. The molecule has 3 aromatic rings. The normalized spacial score (nSPS) is 12.0. The Kier molecular flexibility index (Phi) is 5.04. The molecule has 28 heavy (non-hydrogen) atoms. The molecule has 2 aromatic carbocycles. The number of amides is 1. The van der Waals surface area contributed by atoms with Gasteiger partial charge in [0.2, 0.25) is 0 Å². The average molecular weight is 384 g/mol. The smallest absolute Gasteiger partial charge is 0.405 e. The van der Waals surface area contributed by atoms with Crippen molar-refractivity contribution < 1.29 is 18.7 Å². The van der Waals surface area contributed by atoms with Crippen LogP contribution in [-0.2, 0) is 0 Å². The Labute approximate surface area is 157 Å². The number of halogens is 2. The molecule has 0 fully saturated rings. The standard InChI is InChI=1S/C19H14F2N4O3/c1-10(23-19(27)28)17-24-14-7-3-6-13(16(20)21)15(14)18(26)25(17)12-5-2-4-11(8-12)9-22/h2-8,10,16,23H,1H3,(H,27,28). The number of nitrogens with one attached hydrogen (secondary N) is 1. The number of fused-ring (bicyclic) bond motifs is 1. The third-order valence-electron chi connectivity index (χ3n) is 4.15. The lowest BCUT2D eigenvalue weighted by Gasteiger charge is -2.19. The minimum atomic E-state index is -2.89. The van der Waals surface area contributed by atoms with Crippen molar-refractivity contribution in [1.29, 1.82) is 5.26 Å². The maximum absolute atomic E-state index is 13.5. The number of nitriles is 1. The van der Waals surface area contributed by atoms with Gasteiger partial charge in [0, 0.05) is 5.56 Å². The second-order valence-corrected chi connectivity index (χ2v) is 5.99. The highest BCUT2D eigenvalue weighted by Gasteiger charge is 2.23. The summed E-state index contributed by atoms with van der Waals surface area (Å²) in [6, 6.07) is 10.9. The van der Waals surface area contributed by atoms with Crippen LogP contribution in [-0.4, -0.2) is 20.8 Å². The van der Waals surface area contributed by atoms with Gasteiger partial charge in [-0.1, -0.05) is 18.2 Å². The summed E-state index contributed by atoms with van der Waals surface area (Å²) in [5.41, 5.74) is -0.742. The number of carbonyl (C=O) groups is 1. The monoisotopic (exact) mass is 384 g/mol. The van der Waals surface area contributed by atoms with Crippen LogP contribution in [0.5, 0.6) is 0 Å². The van der Waals surface area contributed by atoms with Crippen LogP contribution >= 0.6 is 0 Å². The Balaban J connectivity index is 2.42. The van der Waals surface area contributed by atoms with Crippen LogP contribution in [0.1, 0.15) is 36.3 Å². The summed E-state index contributed by atoms with van der Waals surface area (Å²) in [6.07, 6.45) is -4.22. The van der Waals surface area contributed by atoms with E-state index in [2.05, 4.69) is 10.3 Å². The fourth-order valence-electron chi connectivity index (χ4n) is 2.96. The summed E-state index contributed by atoms with van der Waals surface area (Å²) < 4.78 is 28.0. The first-order valence-corrected chi connectivity index (χ1v) is 8.17. The van der Waals surface area contributed by atoms with Crippen LogP contribution in [0.2, 0.25) is 0 Å². The number of nitrogens with zero attached hydrogens (tertiary/aromatic N) is 3. The maximum atomic E-state index is 13.5. The Morgan fingerprint density at radius 3 is 2.64 bits per heavy atom. The van der Waals surface area contributed by atoms with Crippen LogP contribution in [0, 0.1) is 11.3 Å².